The SMILES string of the molecule is CC(C)CN1C(=O)N(CCO)C(=O)C12CCN(c1ccc(C#N)cn1)CC2. The molecule has 1 spiro atoms. The number of rotatable bonds is 5. The number of β-amino-alcohol motifs (C(OH)–C–C–N with tert-alkyl or cyclic N) is 1. The number of nitrogens with zero attached hydrogens (tertiary/aromatic N) is 5. The van der Waals surface area contributed by atoms with E-state index in [1.807, 2.05) is 19.9 Å². The summed E-state index contributed by atoms with van der Waals surface area (Å²) in [6.45, 7) is 5.56. The minimum Gasteiger partial charge on any atom is -0.395 e. The summed E-state index contributed by atoms with van der Waals surface area (Å²) >= 11 is 0. The molecule has 0 aliphatic carbocycles. The van der Waals surface area contributed by atoms with E-state index >= 15 is 0 Å². The zero-order chi connectivity index (χ0) is 19.6. The van der Waals surface area contributed by atoms with E-state index in [0.717, 1.165) is 5.82 Å². The Hall–Kier alpha value is -2.66. The van der Waals surface area contributed by atoms with Crippen LogP contribution in [-0.2, 0) is 4.79 Å². The third-order valence-electron chi connectivity index (χ3n) is 5.28. The van der Waals surface area contributed by atoms with Gasteiger partial charge in [0.25, 0.3) is 5.91 Å². The number of hydrogen-bond acceptors (Lipinski definition) is 6. The summed E-state index contributed by atoms with van der Waals surface area (Å²) in [4.78, 5) is 35.2. The van der Waals surface area contributed by atoms with Gasteiger partial charge in [0.1, 0.15) is 17.4 Å². The van der Waals surface area contributed by atoms with E-state index in [-0.39, 0.29) is 31.0 Å². The van der Waals surface area contributed by atoms with Crippen molar-refractivity contribution in [1.29, 1.82) is 5.26 Å². The molecule has 3 rings (SSSR count). The molecule has 0 bridgehead atoms. The van der Waals surface area contributed by atoms with Crippen molar-refractivity contribution in [3.05, 3.63) is 23.9 Å². The molecule has 1 aromatic heterocycles. The Balaban J connectivity index is 1.81. The first-order valence-electron chi connectivity index (χ1n) is 9.28. The molecule has 0 unspecified atom stereocenters. The molecule has 2 fully saturated rings. The molecular weight excluding hydrogens is 346 g/mol. The lowest BCUT2D eigenvalue weighted by Crippen LogP contribution is -2.57. The third-order valence-corrected chi connectivity index (χ3v) is 5.28. The van der Waals surface area contributed by atoms with Gasteiger partial charge >= 0.3 is 6.03 Å². The van der Waals surface area contributed by atoms with Crippen molar-refractivity contribution in [2.24, 2.45) is 5.92 Å². The van der Waals surface area contributed by atoms with E-state index in [1.165, 1.54) is 11.1 Å². The lowest BCUT2D eigenvalue weighted by molar-refractivity contribution is -0.134. The summed E-state index contributed by atoms with van der Waals surface area (Å²) in [7, 11) is 0. The van der Waals surface area contributed by atoms with E-state index < -0.39 is 5.54 Å². The van der Waals surface area contributed by atoms with Crippen molar-refractivity contribution in [3.8, 4) is 6.07 Å². The highest BCUT2D eigenvalue weighted by Gasteiger charge is 2.57. The molecule has 2 aliphatic heterocycles. The van der Waals surface area contributed by atoms with Crippen LogP contribution >= 0.6 is 0 Å². The smallest absolute Gasteiger partial charge is 0.327 e. The molecule has 1 aromatic rings. The Labute approximate surface area is 159 Å². The number of carbonyl (C=O) groups excluding carboxylic acids is 2. The Morgan fingerprint density at radius 3 is 2.52 bits per heavy atom. The monoisotopic (exact) mass is 371 g/mol. The molecule has 27 heavy (non-hydrogen) atoms. The van der Waals surface area contributed by atoms with Crippen LogP contribution in [-0.4, -0.2) is 70.2 Å². The van der Waals surface area contributed by atoms with Crippen LogP contribution in [0.5, 0.6) is 0 Å². The third kappa shape index (κ3) is 3.35. The van der Waals surface area contributed by atoms with Gasteiger partial charge in [-0.1, -0.05) is 13.8 Å². The number of anilines is 1. The highest BCUT2D eigenvalue weighted by Crippen LogP contribution is 2.38. The maximum Gasteiger partial charge on any atom is 0.327 e. The van der Waals surface area contributed by atoms with Gasteiger partial charge in [-0.25, -0.2) is 9.78 Å². The van der Waals surface area contributed by atoms with Crippen molar-refractivity contribution in [2.45, 2.75) is 32.2 Å². The highest BCUT2D eigenvalue weighted by molar-refractivity contribution is 6.07. The molecule has 144 valence electrons. The Morgan fingerprint density at radius 1 is 1.30 bits per heavy atom. The summed E-state index contributed by atoms with van der Waals surface area (Å²) in [5.41, 5.74) is -0.328. The van der Waals surface area contributed by atoms with Crippen molar-refractivity contribution in [1.82, 2.24) is 14.8 Å². The van der Waals surface area contributed by atoms with Gasteiger partial charge < -0.3 is 14.9 Å². The average molecular weight is 371 g/mol. The van der Waals surface area contributed by atoms with Crippen molar-refractivity contribution in [2.75, 3.05) is 37.7 Å². The highest BCUT2D eigenvalue weighted by atomic mass is 16.3. The van der Waals surface area contributed by atoms with E-state index in [0.29, 0.717) is 38.0 Å². The normalized spacial score (nSPS) is 19.3. The van der Waals surface area contributed by atoms with E-state index in [2.05, 4.69) is 16.0 Å². The second-order valence-electron chi connectivity index (χ2n) is 7.50. The zero-order valence-electron chi connectivity index (χ0n) is 15.8. The minimum atomic E-state index is -0.834. The number of nitriles is 1. The molecule has 2 aliphatic rings. The molecular formula is C19H25N5O3. The van der Waals surface area contributed by atoms with Crippen molar-refractivity contribution >= 4 is 17.8 Å². The first kappa shape index (κ1) is 19.1. The number of aromatic nitrogens is 1. The summed E-state index contributed by atoms with van der Waals surface area (Å²) in [5, 5.41) is 18.1. The van der Waals surface area contributed by atoms with Gasteiger partial charge in [0.2, 0.25) is 0 Å². The Bertz CT molecular complexity index is 748. The minimum absolute atomic E-state index is 0.0366. The predicted molar refractivity (Wildman–Crippen MR) is 98.9 cm³/mol. The molecule has 3 heterocycles. The van der Waals surface area contributed by atoms with Crippen LogP contribution in [0.3, 0.4) is 0 Å². The largest absolute Gasteiger partial charge is 0.395 e. The molecule has 8 nitrogen and oxygen atoms in total. The first-order valence-corrected chi connectivity index (χ1v) is 9.28. The van der Waals surface area contributed by atoms with Gasteiger partial charge in [0.15, 0.2) is 0 Å². The standard InChI is InChI=1S/C19H25N5O3/c1-14(2)13-24-18(27)23(9-10-25)17(26)19(24)5-7-22(8-6-19)16-4-3-15(11-20)12-21-16/h3-4,12,14,25H,5-10,13H2,1-2H3. The number of amides is 3. The predicted octanol–water partition coefficient (Wildman–Crippen LogP) is 1.20. The second kappa shape index (κ2) is 7.53. The number of aliphatic hydroxyl groups is 1. The summed E-state index contributed by atoms with van der Waals surface area (Å²) < 4.78 is 0. The lowest BCUT2D eigenvalue weighted by atomic mass is 9.85. The van der Waals surface area contributed by atoms with Crippen molar-refractivity contribution in [3.63, 3.8) is 0 Å². The van der Waals surface area contributed by atoms with Gasteiger partial charge in [-0.05, 0) is 30.9 Å². The van der Waals surface area contributed by atoms with Crippen LogP contribution in [0.25, 0.3) is 0 Å². The van der Waals surface area contributed by atoms with Crippen LogP contribution in [0.15, 0.2) is 18.3 Å². The number of imide groups is 1. The summed E-state index contributed by atoms with van der Waals surface area (Å²) in [5.74, 6) is 0.809. The molecule has 0 aromatic carbocycles. The quantitative estimate of drug-likeness (QED) is 0.781. The molecule has 0 saturated carbocycles. The van der Waals surface area contributed by atoms with Crippen molar-refractivity contribution < 1.29 is 14.7 Å². The average Bonchev–Trinajstić information content (AvgIpc) is 2.85. The molecule has 1 N–H and O–H groups in total. The number of urea groups is 1. The number of aliphatic hydroxyl groups excluding tert-OH is 1. The van der Waals surface area contributed by atoms with Gasteiger partial charge in [-0.15, -0.1) is 0 Å². The van der Waals surface area contributed by atoms with Crippen LogP contribution in [0.1, 0.15) is 32.3 Å². The molecule has 2 saturated heterocycles. The zero-order valence-corrected chi connectivity index (χ0v) is 15.8. The summed E-state index contributed by atoms with van der Waals surface area (Å²) in [6, 6.07) is 5.29. The lowest BCUT2D eigenvalue weighted by Gasteiger charge is -2.43. The number of pyridine rings is 1. The first-order chi connectivity index (χ1) is 12.9. The number of piperidine rings is 1. The Morgan fingerprint density at radius 2 is 2.00 bits per heavy atom. The molecule has 8 heteroatoms. The van der Waals surface area contributed by atoms with Crippen LogP contribution < -0.4 is 4.90 Å². The molecule has 0 atom stereocenters. The number of carbonyl (C=O) groups is 2. The number of hydrogen-bond donors (Lipinski definition) is 1. The second-order valence-corrected chi connectivity index (χ2v) is 7.50. The van der Waals surface area contributed by atoms with Crippen LogP contribution in [0.4, 0.5) is 10.6 Å². The maximum atomic E-state index is 13.1. The fourth-order valence-electron chi connectivity index (χ4n) is 3.93. The topological polar surface area (TPSA) is 101 Å². The van der Waals surface area contributed by atoms with Gasteiger partial charge in [-0.3, -0.25) is 9.69 Å². The fraction of sp³-hybridized carbons (Fsp3) is 0.579. The van der Waals surface area contributed by atoms with Gasteiger partial charge in [0, 0.05) is 25.8 Å². The van der Waals surface area contributed by atoms with Gasteiger partial charge in [0.05, 0.1) is 18.7 Å². The van der Waals surface area contributed by atoms with Crippen LogP contribution in [0, 0.1) is 17.2 Å². The van der Waals surface area contributed by atoms with E-state index in [1.54, 1.807) is 11.0 Å². The summed E-state index contributed by atoms with van der Waals surface area (Å²) in [6.07, 6.45) is 2.58. The molecule has 3 amide bonds. The maximum absolute atomic E-state index is 13.1. The van der Waals surface area contributed by atoms with Gasteiger partial charge in [-0.2, -0.15) is 5.26 Å². The van der Waals surface area contributed by atoms with E-state index in [9.17, 15) is 14.7 Å². The Kier molecular flexibility index (Phi) is 5.33. The fourth-order valence-corrected chi connectivity index (χ4v) is 3.93. The van der Waals surface area contributed by atoms with E-state index in [4.69, 9.17) is 5.26 Å². The van der Waals surface area contributed by atoms with Crippen LogP contribution in [0.2, 0.25) is 0 Å². The molecule has 0 radical (unpaired) electrons.